The van der Waals surface area contributed by atoms with Gasteiger partial charge in [0.1, 0.15) is 0 Å². The molecule has 0 aliphatic carbocycles. The maximum absolute atomic E-state index is 13.3. The van der Waals surface area contributed by atoms with Crippen molar-refractivity contribution in [2.75, 3.05) is 20.3 Å². The number of likely N-dealkylation sites (N-methyl/N-ethyl adjacent to an activating group) is 1. The Morgan fingerprint density at radius 2 is 1.46 bits per heavy atom. The van der Waals surface area contributed by atoms with E-state index in [-0.39, 0.29) is 24.9 Å². The zero-order valence-electron chi connectivity index (χ0n) is 13.8. The molecule has 9 heteroatoms. The second-order valence-electron chi connectivity index (χ2n) is 6.77. The zero-order valence-corrected chi connectivity index (χ0v) is 13.8. The summed E-state index contributed by atoms with van der Waals surface area (Å²) in [5.74, 6) is -1.98. The van der Waals surface area contributed by atoms with E-state index in [1.165, 1.54) is 0 Å². The molecule has 3 nitrogen and oxygen atoms in total. The van der Waals surface area contributed by atoms with Crippen molar-refractivity contribution < 1.29 is 35.9 Å². The van der Waals surface area contributed by atoms with E-state index in [4.69, 9.17) is 4.74 Å². The summed E-state index contributed by atoms with van der Waals surface area (Å²) in [4.78, 5) is 14.8. The molecule has 2 bridgehead atoms. The molecule has 0 spiro atoms. The van der Waals surface area contributed by atoms with Gasteiger partial charge >= 0.3 is 12.4 Å². The lowest BCUT2D eigenvalue weighted by Gasteiger charge is -2.46. The first-order valence-electron chi connectivity index (χ1n) is 8.11. The fraction of sp³-hybridized carbons (Fsp3) is 0.588. The highest BCUT2D eigenvalue weighted by molar-refractivity contribution is 6.01. The highest BCUT2D eigenvalue weighted by Crippen LogP contribution is 2.42. The lowest BCUT2D eigenvalue weighted by Crippen LogP contribution is -2.56. The number of fused-ring (bicyclic) bond motifs is 2. The predicted octanol–water partition coefficient (Wildman–Crippen LogP) is 4.02. The van der Waals surface area contributed by atoms with Crippen molar-refractivity contribution in [1.29, 1.82) is 0 Å². The Morgan fingerprint density at radius 3 is 1.88 bits per heavy atom. The van der Waals surface area contributed by atoms with Gasteiger partial charge in [0, 0.05) is 23.6 Å². The molecule has 0 saturated carbocycles. The summed E-state index contributed by atoms with van der Waals surface area (Å²) in [6.45, 7) is 0.619. The molecule has 26 heavy (non-hydrogen) atoms. The number of hydrogen-bond acceptors (Lipinski definition) is 3. The number of carbonyl (C=O) groups is 1. The summed E-state index contributed by atoms with van der Waals surface area (Å²) in [6.07, 6.45) is -9.74. The third kappa shape index (κ3) is 3.46. The van der Waals surface area contributed by atoms with Gasteiger partial charge in [-0.2, -0.15) is 26.3 Å². The van der Waals surface area contributed by atoms with Crippen LogP contribution < -0.4 is 0 Å². The van der Waals surface area contributed by atoms with E-state index in [2.05, 4.69) is 0 Å². The number of carbonyl (C=O) groups excluding carboxylic acids is 1. The fourth-order valence-corrected chi connectivity index (χ4v) is 3.80. The lowest BCUT2D eigenvalue weighted by molar-refractivity contribution is -0.143. The molecule has 2 aliphatic heterocycles. The van der Waals surface area contributed by atoms with Crippen LogP contribution in [0.1, 0.15) is 34.3 Å². The van der Waals surface area contributed by atoms with Crippen LogP contribution in [0.2, 0.25) is 0 Å². The molecule has 144 valence electrons. The number of piperidine rings is 1. The number of ether oxygens (including phenoxy) is 1. The van der Waals surface area contributed by atoms with E-state index >= 15 is 0 Å². The highest BCUT2D eigenvalue weighted by atomic mass is 19.4. The first kappa shape index (κ1) is 19.2. The number of halogens is 6. The lowest BCUT2D eigenvalue weighted by atomic mass is 9.79. The average Bonchev–Trinajstić information content (AvgIpc) is 2.51. The Bertz CT molecular complexity index is 653. The quantitative estimate of drug-likeness (QED) is 0.573. The van der Waals surface area contributed by atoms with Gasteiger partial charge in [0.05, 0.1) is 24.3 Å². The van der Waals surface area contributed by atoms with E-state index in [1.54, 1.807) is 0 Å². The number of morpholine rings is 1. The number of Topliss-reactive ketones (excluding diaryl/α,β-unsaturated/α-hetero) is 1. The van der Waals surface area contributed by atoms with Crippen LogP contribution >= 0.6 is 0 Å². The minimum Gasteiger partial charge on any atom is -0.378 e. The van der Waals surface area contributed by atoms with E-state index in [0.717, 1.165) is 0 Å². The number of hydrogen-bond donors (Lipinski definition) is 0. The Kier molecular flexibility index (Phi) is 4.81. The number of ketones is 1. The van der Waals surface area contributed by atoms with E-state index in [1.807, 2.05) is 11.9 Å². The van der Waals surface area contributed by atoms with Crippen LogP contribution in [0.4, 0.5) is 26.3 Å². The van der Waals surface area contributed by atoms with Crippen molar-refractivity contribution in [3.05, 3.63) is 34.9 Å². The predicted molar refractivity (Wildman–Crippen MR) is 79.7 cm³/mol. The molecule has 2 saturated heterocycles. The van der Waals surface area contributed by atoms with Crippen LogP contribution in [-0.4, -0.2) is 43.0 Å². The molecule has 0 N–H and O–H groups in total. The van der Waals surface area contributed by atoms with Gasteiger partial charge < -0.3 is 4.74 Å². The standard InChI is InChI=1S/C17H17F6NO2/c1-24-10-5-9(6-11(24)8-26-7-10)15(25)14-12(16(18,19)20)3-2-4-13(14)17(21,22)23/h2-4,9-11H,5-8H2,1H3. The van der Waals surface area contributed by atoms with E-state index < -0.39 is 40.7 Å². The SMILES string of the molecule is CN1C2COCC1CC(C(=O)c1c(C(F)(F)F)cccc1C(F)(F)F)C2. The molecule has 0 radical (unpaired) electrons. The Balaban J connectivity index is 2.03. The molecule has 0 aromatic heterocycles. The minimum atomic E-state index is -5.04. The second kappa shape index (κ2) is 6.53. The number of nitrogens with zero attached hydrogens (tertiary/aromatic N) is 1. The van der Waals surface area contributed by atoms with Crippen molar-refractivity contribution in [2.45, 2.75) is 37.3 Å². The third-order valence-corrected chi connectivity index (χ3v) is 5.18. The number of benzene rings is 1. The molecular weight excluding hydrogens is 364 g/mol. The minimum absolute atomic E-state index is 0.176. The molecule has 2 heterocycles. The molecular formula is C17H17F6NO2. The van der Waals surface area contributed by atoms with Crippen molar-refractivity contribution >= 4 is 5.78 Å². The summed E-state index contributed by atoms with van der Waals surface area (Å²) in [7, 11) is 1.82. The zero-order chi connectivity index (χ0) is 19.3. The maximum Gasteiger partial charge on any atom is 0.417 e. The average molecular weight is 381 g/mol. The highest BCUT2D eigenvalue weighted by Gasteiger charge is 2.46. The molecule has 1 aromatic rings. The van der Waals surface area contributed by atoms with Gasteiger partial charge in [-0.15, -0.1) is 0 Å². The van der Waals surface area contributed by atoms with Gasteiger partial charge in [-0.05, 0) is 32.0 Å². The van der Waals surface area contributed by atoms with Crippen molar-refractivity contribution in [3.8, 4) is 0 Å². The van der Waals surface area contributed by atoms with Gasteiger partial charge in [-0.3, -0.25) is 9.69 Å². The first-order chi connectivity index (χ1) is 12.0. The topological polar surface area (TPSA) is 29.5 Å². The normalized spacial score (nSPS) is 27.4. The van der Waals surface area contributed by atoms with Crippen molar-refractivity contribution in [2.24, 2.45) is 5.92 Å². The summed E-state index contributed by atoms with van der Waals surface area (Å²) >= 11 is 0. The maximum atomic E-state index is 13.3. The molecule has 2 fully saturated rings. The second-order valence-corrected chi connectivity index (χ2v) is 6.77. The van der Waals surface area contributed by atoms with Crippen LogP contribution in [0.15, 0.2) is 18.2 Å². The molecule has 2 atom stereocenters. The van der Waals surface area contributed by atoms with Crippen LogP contribution in [0, 0.1) is 5.92 Å². The molecule has 1 aromatic carbocycles. The van der Waals surface area contributed by atoms with Crippen molar-refractivity contribution in [1.82, 2.24) is 4.90 Å². The van der Waals surface area contributed by atoms with Crippen LogP contribution in [0.25, 0.3) is 0 Å². The monoisotopic (exact) mass is 381 g/mol. The van der Waals surface area contributed by atoms with Crippen molar-refractivity contribution in [3.63, 3.8) is 0 Å². The van der Waals surface area contributed by atoms with Gasteiger partial charge in [0.15, 0.2) is 5.78 Å². The molecule has 2 aliphatic rings. The Hall–Kier alpha value is -1.61. The molecule has 0 amide bonds. The third-order valence-electron chi connectivity index (χ3n) is 5.18. The largest absolute Gasteiger partial charge is 0.417 e. The smallest absolute Gasteiger partial charge is 0.378 e. The summed E-state index contributed by atoms with van der Waals surface area (Å²) in [6, 6.07) is 1.36. The van der Waals surface area contributed by atoms with E-state index in [0.29, 0.717) is 31.4 Å². The Labute approximate surface area is 145 Å². The summed E-state index contributed by atoms with van der Waals surface area (Å²) in [5.41, 5.74) is -4.32. The summed E-state index contributed by atoms with van der Waals surface area (Å²) < 4.78 is 85.1. The number of alkyl halides is 6. The van der Waals surface area contributed by atoms with Crippen LogP contribution in [0.3, 0.4) is 0 Å². The van der Waals surface area contributed by atoms with Gasteiger partial charge in [-0.25, -0.2) is 0 Å². The Morgan fingerprint density at radius 1 is 1.00 bits per heavy atom. The van der Waals surface area contributed by atoms with Crippen LogP contribution in [0.5, 0.6) is 0 Å². The van der Waals surface area contributed by atoms with Gasteiger partial charge in [0.2, 0.25) is 0 Å². The van der Waals surface area contributed by atoms with Gasteiger partial charge in [0.25, 0.3) is 0 Å². The van der Waals surface area contributed by atoms with E-state index in [9.17, 15) is 31.1 Å². The van der Waals surface area contributed by atoms with Crippen LogP contribution in [-0.2, 0) is 17.1 Å². The van der Waals surface area contributed by atoms with Gasteiger partial charge in [-0.1, -0.05) is 6.07 Å². The summed E-state index contributed by atoms with van der Waals surface area (Å²) in [5, 5.41) is 0. The number of rotatable bonds is 2. The fourth-order valence-electron chi connectivity index (χ4n) is 3.80. The molecule has 2 unspecified atom stereocenters. The first-order valence-corrected chi connectivity index (χ1v) is 8.11. The molecule has 3 rings (SSSR count).